The number of nitrogens with zero attached hydrogens (tertiary/aromatic N) is 2. The van der Waals surface area contributed by atoms with Crippen LogP contribution in [0.2, 0.25) is 0 Å². The second-order valence-electron chi connectivity index (χ2n) is 6.10. The van der Waals surface area contributed by atoms with Crippen molar-refractivity contribution >= 4 is 5.91 Å². The van der Waals surface area contributed by atoms with Crippen LogP contribution >= 0.6 is 0 Å². The number of carbonyl (C=O) groups is 1. The minimum Gasteiger partial charge on any atom is -0.480 e. The van der Waals surface area contributed by atoms with Crippen LogP contribution in [0.25, 0.3) is 0 Å². The van der Waals surface area contributed by atoms with Gasteiger partial charge < -0.3 is 10.1 Å². The molecule has 3 rings (SSSR count). The molecule has 1 aliphatic rings. The molecule has 138 valence electrons. The smallest absolute Gasteiger partial charge is 0.433 e. The number of halogens is 3. The minimum atomic E-state index is -4.52. The van der Waals surface area contributed by atoms with E-state index >= 15 is 0 Å². The fraction of sp³-hybridized carbons (Fsp3) is 0.389. The van der Waals surface area contributed by atoms with Crippen molar-refractivity contribution in [2.75, 3.05) is 6.54 Å². The third kappa shape index (κ3) is 4.30. The van der Waals surface area contributed by atoms with Crippen LogP contribution in [0.4, 0.5) is 13.2 Å². The maximum atomic E-state index is 12.8. The summed E-state index contributed by atoms with van der Waals surface area (Å²) in [4.78, 5) is 19.8. The van der Waals surface area contributed by atoms with E-state index in [0.29, 0.717) is 12.2 Å². The zero-order chi connectivity index (χ0) is 18.7. The van der Waals surface area contributed by atoms with Crippen molar-refractivity contribution in [3.8, 4) is 5.75 Å². The molecule has 1 aliphatic heterocycles. The molecule has 0 fully saturated rings. The topological polar surface area (TPSA) is 64.1 Å². The summed E-state index contributed by atoms with van der Waals surface area (Å²) in [7, 11) is 0. The first-order valence-corrected chi connectivity index (χ1v) is 8.27. The van der Waals surface area contributed by atoms with Crippen molar-refractivity contribution in [2.45, 2.75) is 38.5 Å². The molecule has 0 unspecified atom stereocenters. The molecule has 0 bridgehead atoms. The number of fused-ring (bicyclic) bond motifs is 1. The van der Waals surface area contributed by atoms with Crippen molar-refractivity contribution in [3.05, 3.63) is 53.1 Å². The Hall–Kier alpha value is -2.64. The maximum absolute atomic E-state index is 12.8. The van der Waals surface area contributed by atoms with Crippen molar-refractivity contribution in [2.24, 2.45) is 0 Å². The highest BCUT2D eigenvalue weighted by atomic mass is 19.4. The summed E-state index contributed by atoms with van der Waals surface area (Å²) < 4.78 is 44.0. The first-order chi connectivity index (χ1) is 12.3. The summed E-state index contributed by atoms with van der Waals surface area (Å²) >= 11 is 0. The Morgan fingerprint density at radius 2 is 2.08 bits per heavy atom. The van der Waals surface area contributed by atoms with Crippen LogP contribution < -0.4 is 10.1 Å². The first kappa shape index (κ1) is 18.2. The molecule has 0 saturated heterocycles. The zero-order valence-corrected chi connectivity index (χ0v) is 14.1. The second-order valence-corrected chi connectivity index (χ2v) is 6.10. The Balaban J connectivity index is 1.56. The SMILES string of the molecule is Cc1cc(C(F)(F)F)nc(CCNC(=O)[C@H]2CCc3ccccc3O2)n1. The fourth-order valence-corrected chi connectivity index (χ4v) is 2.81. The number of aromatic nitrogens is 2. The van der Waals surface area contributed by atoms with Gasteiger partial charge in [-0.1, -0.05) is 18.2 Å². The van der Waals surface area contributed by atoms with E-state index < -0.39 is 18.0 Å². The average Bonchev–Trinajstić information content (AvgIpc) is 2.60. The van der Waals surface area contributed by atoms with Gasteiger partial charge in [0.05, 0.1) is 0 Å². The molecule has 8 heteroatoms. The van der Waals surface area contributed by atoms with Crippen LogP contribution in [0.15, 0.2) is 30.3 Å². The number of rotatable bonds is 4. The van der Waals surface area contributed by atoms with Gasteiger partial charge in [-0.3, -0.25) is 4.79 Å². The Kier molecular flexibility index (Phi) is 5.11. The normalized spacial score (nSPS) is 16.5. The molecule has 2 heterocycles. The van der Waals surface area contributed by atoms with Crippen molar-refractivity contribution in [1.82, 2.24) is 15.3 Å². The lowest BCUT2D eigenvalue weighted by Gasteiger charge is -2.25. The molecule has 26 heavy (non-hydrogen) atoms. The second kappa shape index (κ2) is 7.31. The number of ether oxygens (including phenoxy) is 1. The van der Waals surface area contributed by atoms with Gasteiger partial charge in [-0.15, -0.1) is 0 Å². The molecule has 0 radical (unpaired) electrons. The Bertz CT molecular complexity index is 809. The van der Waals surface area contributed by atoms with E-state index in [9.17, 15) is 18.0 Å². The number of benzene rings is 1. The maximum Gasteiger partial charge on any atom is 0.433 e. The monoisotopic (exact) mass is 365 g/mol. The number of nitrogens with one attached hydrogen (secondary N) is 1. The summed E-state index contributed by atoms with van der Waals surface area (Å²) in [5, 5.41) is 2.68. The number of para-hydroxylation sites is 1. The van der Waals surface area contributed by atoms with E-state index in [0.717, 1.165) is 18.1 Å². The largest absolute Gasteiger partial charge is 0.480 e. The van der Waals surface area contributed by atoms with Crippen molar-refractivity contribution in [3.63, 3.8) is 0 Å². The van der Waals surface area contributed by atoms with E-state index in [2.05, 4.69) is 15.3 Å². The molecule has 1 aromatic heterocycles. The Morgan fingerprint density at radius 1 is 1.31 bits per heavy atom. The number of hydrogen-bond donors (Lipinski definition) is 1. The van der Waals surface area contributed by atoms with E-state index in [4.69, 9.17) is 4.74 Å². The van der Waals surface area contributed by atoms with Crippen LogP contribution in [0.1, 0.15) is 29.2 Å². The van der Waals surface area contributed by atoms with Gasteiger partial charge in [0, 0.05) is 18.7 Å². The van der Waals surface area contributed by atoms with Crippen molar-refractivity contribution < 1.29 is 22.7 Å². The first-order valence-electron chi connectivity index (χ1n) is 8.27. The lowest BCUT2D eigenvalue weighted by Crippen LogP contribution is -2.41. The molecule has 5 nitrogen and oxygen atoms in total. The molecule has 1 aromatic carbocycles. The third-order valence-electron chi connectivity index (χ3n) is 4.05. The lowest BCUT2D eigenvalue weighted by molar-refractivity contribution is -0.141. The molecule has 1 amide bonds. The predicted octanol–water partition coefficient (Wildman–Crippen LogP) is 2.86. The number of alkyl halides is 3. The predicted molar refractivity (Wildman–Crippen MR) is 87.7 cm³/mol. The van der Waals surface area contributed by atoms with Gasteiger partial charge in [0.25, 0.3) is 5.91 Å². The molecule has 2 aromatic rings. The molecule has 0 saturated carbocycles. The van der Waals surface area contributed by atoms with Gasteiger partial charge in [0.2, 0.25) is 0 Å². The zero-order valence-electron chi connectivity index (χ0n) is 14.1. The van der Waals surface area contributed by atoms with Crippen LogP contribution in [0.3, 0.4) is 0 Å². The number of amides is 1. The minimum absolute atomic E-state index is 0.0486. The summed E-state index contributed by atoms with van der Waals surface area (Å²) in [6.45, 7) is 1.62. The fourth-order valence-electron chi connectivity index (χ4n) is 2.81. The lowest BCUT2D eigenvalue weighted by atomic mass is 10.0. The quantitative estimate of drug-likeness (QED) is 0.905. The molecule has 0 aliphatic carbocycles. The molecular weight excluding hydrogens is 347 g/mol. The van der Waals surface area contributed by atoms with Crippen LogP contribution in [-0.4, -0.2) is 28.5 Å². The van der Waals surface area contributed by atoms with Crippen LogP contribution in [0, 0.1) is 6.92 Å². The average molecular weight is 365 g/mol. The van der Waals surface area contributed by atoms with E-state index in [1.807, 2.05) is 24.3 Å². The van der Waals surface area contributed by atoms with Crippen LogP contribution in [-0.2, 0) is 23.8 Å². The third-order valence-corrected chi connectivity index (χ3v) is 4.05. The van der Waals surface area contributed by atoms with E-state index in [1.54, 1.807) is 0 Å². The number of carbonyl (C=O) groups excluding carboxylic acids is 1. The standard InChI is InChI=1S/C18H18F3N3O2/c1-11-10-15(18(19,20)21)24-16(23-11)8-9-22-17(25)14-7-6-12-4-2-3-5-13(12)26-14/h2-5,10,14H,6-9H2,1H3,(H,22,25)/t14-/m1/s1. The molecule has 0 spiro atoms. The van der Waals surface area contributed by atoms with Gasteiger partial charge in [0.15, 0.2) is 6.10 Å². The van der Waals surface area contributed by atoms with E-state index in [1.165, 1.54) is 6.92 Å². The Morgan fingerprint density at radius 3 is 2.85 bits per heavy atom. The highest BCUT2D eigenvalue weighted by molar-refractivity contribution is 5.81. The van der Waals surface area contributed by atoms with Crippen molar-refractivity contribution in [1.29, 1.82) is 0 Å². The van der Waals surface area contributed by atoms with Gasteiger partial charge in [0.1, 0.15) is 17.3 Å². The molecule has 1 N–H and O–H groups in total. The summed E-state index contributed by atoms with van der Waals surface area (Å²) in [5.41, 5.74) is 0.323. The van der Waals surface area contributed by atoms with Gasteiger partial charge >= 0.3 is 6.18 Å². The molecule has 1 atom stereocenters. The summed E-state index contributed by atoms with van der Waals surface area (Å²) in [5.74, 6) is 0.450. The van der Waals surface area contributed by atoms with Gasteiger partial charge in [-0.2, -0.15) is 13.2 Å². The highest BCUT2D eigenvalue weighted by Crippen LogP contribution is 2.28. The number of hydrogen-bond acceptors (Lipinski definition) is 4. The summed E-state index contributed by atoms with van der Waals surface area (Å²) in [6, 6.07) is 8.42. The molecular formula is C18H18F3N3O2. The Labute approximate surface area is 148 Å². The van der Waals surface area contributed by atoms with Crippen LogP contribution in [0.5, 0.6) is 5.75 Å². The summed E-state index contributed by atoms with van der Waals surface area (Å²) in [6.07, 6.45) is -3.71. The van der Waals surface area contributed by atoms with Gasteiger partial charge in [-0.05, 0) is 37.5 Å². The van der Waals surface area contributed by atoms with Gasteiger partial charge in [-0.25, -0.2) is 9.97 Å². The number of aryl methyl sites for hydroxylation is 2. The highest BCUT2D eigenvalue weighted by Gasteiger charge is 2.33. The van der Waals surface area contributed by atoms with E-state index in [-0.39, 0.29) is 30.4 Å².